The molecule has 0 aliphatic rings. The number of fused-ring (bicyclic) bond motifs is 1. The number of nitrogens with zero attached hydrogens (tertiary/aromatic N) is 2. The molecule has 122 valence electrons. The van der Waals surface area contributed by atoms with Crippen LogP contribution in [0.2, 0.25) is 0 Å². The maximum Gasteiger partial charge on any atom is 0.510 e. The van der Waals surface area contributed by atoms with Gasteiger partial charge in [0.25, 0.3) is 0 Å². The lowest BCUT2D eigenvalue weighted by Gasteiger charge is -2.11. The van der Waals surface area contributed by atoms with E-state index in [1.807, 2.05) is 36.4 Å². The van der Waals surface area contributed by atoms with E-state index in [0.29, 0.717) is 11.5 Å². The molecular weight excluding hydrogens is 327 g/mol. The molecule has 6 nitrogen and oxygen atoms in total. The van der Waals surface area contributed by atoms with Crippen LogP contribution in [0.4, 0.5) is 0 Å². The molecule has 1 unspecified atom stereocenters. The monoisotopic (exact) mass is 343 g/mol. The van der Waals surface area contributed by atoms with Crippen LogP contribution in [0.25, 0.3) is 22.2 Å². The van der Waals surface area contributed by atoms with Crippen LogP contribution in [0, 0.1) is 0 Å². The maximum absolute atomic E-state index is 10.9. The van der Waals surface area contributed by atoms with Crippen LogP contribution in [-0.2, 0) is 10.7 Å². The Bertz CT molecular complexity index is 897. The van der Waals surface area contributed by atoms with Crippen LogP contribution in [0.3, 0.4) is 0 Å². The fourth-order valence-corrected chi connectivity index (χ4v) is 3.06. The molecule has 0 spiro atoms. The van der Waals surface area contributed by atoms with Crippen molar-refractivity contribution in [3.8, 4) is 22.8 Å². The molecule has 0 fully saturated rings. The Kier molecular flexibility index (Phi) is 4.69. The number of ether oxygens (including phenoxy) is 2. The van der Waals surface area contributed by atoms with E-state index < -0.39 is 8.03 Å². The molecule has 0 bridgehead atoms. The quantitative estimate of drug-likeness (QED) is 0.714. The minimum atomic E-state index is -2.19. The summed E-state index contributed by atoms with van der Waals surface area (Å²) in [6.07, 6.45) is 1.65. The normalized spacial score (nSPS) is 11.4. The first-order valence-corrected chi connectivity index (χ1v) is 8.61. The second-order valence-corrected chi connectivity index (χ2v) is 6.17. The molecule has 0 aliphatic heterocycles. The standard InChI is InChI=1S/C17H15N2O4P/c1-22-15-7-13-14(8-16(15)23-2)18-10-19-17(13)12-5-3-11(4-6-12)9-24(20)21/h3-8,10H,9H2,1-2H3/p+1. The predicted molar refractivity (Wildman–Crippen MR) is 91.6 cm³/mol. The SMILES string of the molecule is COc1cc2ncnc(-c3ccc(C[P+](=O)O)cc3)c2cc1OC. The van der Waals surface area contributed by atoms with Crippen molar-refractivity contribution in [3.05, 3.63) is 48.3 Å². The predicted octanol–water partition coefficient (Wildman–Crippen LogP) is 3.55. The van der Waals surface area contributed by atoms with Gasteiger partial charge in [0.15, 0.2) is 11.5 Å². The fourth-order valence-electron chi connectivity index (χ4n) is 2.54. The number of benzene rings is 2. The molecule has 2 aromatic carbocycles. The lowest BCUT2D eigenvalue weighted by atomic mass is 10.0. The third-order valence-electron chi connectivity index (χ3n) is 3.69. The van der Waals surface area contributed by atoms with E-state index >= 15 is 0 Å². The van der Waals surface area contributed by atoms with Gasteiger partial charge in [0.05, 0.1) is 25.4 Å². The lowest BCUT2D eigenvalue weighted by Crippen LogP contribution is -1.94. The number of rotatable bonds is 5. The van der Waals surface area contributed by atoms with Gasteiger partial charge in [0.1, 0.15) is 6.33 Å². The van der Waals surface area contributed by atoms with E-state index in [1.165, 1.54) is 6.33 Å². The summed E-state index contributed by atoms with van der Waals surface area (Å²) in [6.45, 7) is 0. The van der Waals surface area contributed by atoms with Gasteiger partial charge in [0, 0.05) is 22.6 Å². The van der Waals surface area contributed by atoms with Gasteiger partial charge in [-0.15, -0.1) is 0 Å². The molecule has 1 atom stereocenters. The molecule has 0 aliphatic carbocycles. The number of methoxy groups -OCH3 is 2. The molecule has 1 heterocycles. The van der Waals surface area contributed by atoms with Crippen molar-refractivity contribution < 1.29 is 18.9 Å². The van der Waals surface area contributed by atoms with Gasteiger partial charge < -0.3 is 9.47 Å². The van der Waals surface area contributed by atoms with Crippen molar-refractivity contribution in [1.29, 1.82) is 0 Å². The molecule has 1 N–H and O–H groups in total. The Balaban J connectivity index is 2.10. The van der Waals surface area contributed by atoms with Crippen molar-refractivity contribution in [2.45, 2.75) is 6.16 Å². The minimum Gasteiger partial charge on any atom is -0.493 e. The van der Waals surface area contributed by atoms with Crippen LogP contribution in [-0.4, -0.2) is 29.1 Å². The summed E-state index contributed by atoms with van der Waals surface area (Å²) >= 11 is 0. The molecule has 24 heavy (non-hydrogen) atoms. The van der Waals surface area contributed by atoms with E-state index in [9.17, 15) is 4.57 Å². The summed E-state index contributed by atoms with van der Waals surface area (Å²) in [4.78, 5) is 17.7. The molecule has 3 rings (SSSR count). The van der Waals surface area contributed by atoms with Crippen molar-refractivity contribution >= 4 is 18.9 Å². The largest absolute Gasteiger partial charge is 0.510 e. The van der Waals surface area contributed by atoms with E-state index in [2.05, 4.69) is 9.97 Å². The summed E-state index contributed by atoms with van der Waals surface area (Å²) in [5.41, 5.74) is 3.22. The highest BCUT2D eigenvalue weighted by molar-refractivity contribution is 7.37. The highest BCUT2D eigenvalue weighted by atomic mass is 31.1. The van der Waals surface area contributed by atoms with Gasteiger partial charge in [0.2, 0.25) is 6.16 Å². The minimum absolute atomic E-state index is 0.144. The lowest BCUT2D eigenvalue weighted by molar-refractivity contribution is 0.356. The van der Waals surface area contributed by atoms with Gasteiger partial charge in [-0.3, -0.25) is 0 Å². The molecule has 7 heteroatoms. The highest BCUT2D eigenvalue weighted by Crippen LogP contribution is 2.35. The average molecular weight is 343 g/mol. The molecule has 0 saturated carbocycles. The maximum atomic E-state index is 10.9. The Morgan fingerprint density at radius 3 is 2.33 bits per heavy atom. The van der Waals surface area contributed by atoms with Crippen molar-refractivity contribution in [2.75, 3.05) is 14.2 Å². The topological polar surface area (TPSA) is 81.5 Å². The van der Waals surface area contributed by atoms with Crippen LogP contribution in [0.15, 0.2) is 42.7 Å². The first kappa shape index (κ1) is 16.3. The van der Waals surface area contributed by atoms with E-state index in [-0.39, 0.29) is 6.16 Å². The van der Waals surface area contributed by atoms with Gasteiger partial charge in [-0.25, -0.2) is 9.97 Å². The summed E-state index contributed by atoms with van der Waals surface area (Å²) < 4.78 is 21.6. The molecule has 0 amide bonds. The summed E-state index contributed by atoms with van der Waals surface area (Å²) in [7, 11) is 0.974. The van der Waals surface area contributed by atoms with Crippen molar-refractivity contribution in [3.63, 3.8) is 0 Å². The summed E-state index contributed by atoms with van der Waals surface area (Å²) in [5, 5.41) is 0.844. The van der Waals surface area contributed by atoms with Crippen LogP contribution >= 0.6 is 8.03 Å². The molecule has 3 aromatic rings. The van der Waals surface area contributed by atoms with Crippen LogP contribution in [0.5, 0.6) is 11.5 Å². The summed E-state index contributed by atoms with van der Waals surface area (Å²) in [5.74, 6) is 1.21. The Morgan fingerprint density at radius 1 is 1.04 bits per heavy atom. The second kappa shape index (κ2) is 6.91. The van der Waals surface area contributed by atoms with Crippen molar-refractivity contribution in [2.24, 2.45) is 0 Å². The summed E-state index contributed by atoms with van der Waals surface area (Å²) in [6, 6.07) is 11.1. The fraction of sp³-hybridized carbons (Fsp3) is 0.176. The second-order valence-electron chi connectivity index (χ2n) is 5.15. The third kappa shape index (κ3) is 3.20. The number of hydrogen-bond acceptors (Lipinski definition) is 5. The number of aromatic nitrogens is 2. The molecular formula is C17H16N2O4P+. The first-order chi connectivity index (χ1) is 11.6. The van der Waals surface area contributed by atoms with Gasteiger partial charge in [-0.05, 0) is 10.6 Å². The zero-order valence-electron chi connectivity index (χ0n) is 13.3. The molecule has 0 radical (unpaired) electrons. The highest BCUT2D eigenvalue weighted by Gasteiger charge is 2.14. The van der Waals surface area contributed by atoms with Gasteiger partial charge in [-0.2, -0.15) is 4.89 Å². The Labute approximate surface area is 140 Å². The Morgan fingerprint density at radius 2 is 1.71 bits per heavy atom. The van der Waals surface area contributed by atoms with Crippen molar-refractivity contribution in [1.82, 2.24) is 9.97 Å². The number of hydrogen-bond donors (Lipinski definition) is 1. The zero-order valence-corrected chi connectivity index (χ0v) is 14.2. The van der Waals surface area contributed by atoms with Gasteiger partial charge in [-0.1, -0.05) is 24.3 Å². The average Bonchev–Trinajstić information content (AvgIpc) is 2.60. The molecule has 1 aromatic heterocycles. The van der Waals surface area contributed by atoms with E-state index in [1.54, 1.807) is 14.2 Å². The first-order valence-electron chi connectivity index (χ1n) is 7.22. The van der Waals surface area contributed by atoms with Gasteiger partial charge >= 0.3 is 8.03 Å². The van der Waals surface area contributed by atoms with E-state index in [0.717, 1.165) is 27.7 Å². The van der Waals surface area contributed by atoms with Crippen LogP contribution < -0.4 is 9.47 Å². The zero-order chi connectivity index (χ0) is 17.1. The van der Waals surface area contributed by atoms with Crippen LogP contribution in [0.1, 0.15) is 5.56 Å². The van der Waals surface area contributed by atoms with E-state index in [4.69, 9.17) is 14.4 Å². The Hall–Kier alpha value is -2.56. The molecule has 0 saturated heterocycles. The third-order valence-corrected chi connectivity index (χ3v) is 4.32. The smallest absolute Gasteiger partial charge is 0.493 e.